The maximum atomic E-state index is 11.7. The van der Waals surface area contributed by atoms with Crippen LogP contribution in [0.3, 0.4) is 0 Å². The van der Waals surface area contributed by atoms with E-state index in [-0.39, 0.29) is 29.6 Å². The molecule has 4 saturated carbocycles. The lowest BCUT2D eigenvalue weighted by atomic mass is 9.43. The van der Waals surface area contributed by atoms with Gasteiger partial charge in [0.1, 0.15) is 12.2 Å². The van der Waals surface area contributed by atoms with Crippen molar-refractivity contribution in [1.29, 1.82) is 0 Å². The topological polar surface area (TPSA) is 93.1 Å². The van der Waals surface area contributed by atoms with E-state index in [0.717, 1.165) is 38.5 Å². The fourth-order valence-electron chi connectivity index (χ4n) is 7.92. The van der Waals surface area contributed by atoms with E-state index in [1.54, 1.807) is 0 Å². The van der Waals surface area contributed by atoms with Gasteiger partial charge < -0.3 is 19.7 Å². The predicted octanol–water partition coefficient (Wildman–Crippen LogP) is 2.98. The van der Waals surface area contributed by atoms with Crippen LogP contribution in [0.15, 0.2) is 0 Å². The molecular weight excluding hydrogens is 372 g/mol. The number of ether oxygens (including phenoxy) is 2. The van der Waals surface area contributed by atoms with E-state index in [0.29, 0.717) is 30.6 Å². The van der Waals surface area contributed by atoms with E-state index in [1.165, 1.54) is 13.8 Å². The summed E-state index contributed by atoms with van der Waals surface area (Å²) in [6.07, 6.45) is 4.99. The third-order valence-corrected chi connectivity index (χ3v) is 9.37. The molecule has 4 aliphatic rings. The molecule has 6 nitrogen and oxygen atoms in total. The molecular formula is C23H36O6. The average molecular weight is 409 g/mol. The van der Waals surface area contributed by atoms with Crippen LogP contribution >= 0.6 is 0 Å². The molecule has 0 unspecified atom stereocenters. The highest BCUT2D eigenvalue weighted by Crippen LogP contribution is 2.67. The average Bonchev–Trinajstić information content (AvgIpc) is 2.93. The molecule has 29 heavy (non-hydrogen) atoms. The lowest BCUT2D eigenvalue weighted by molar-refractivity contribution is -0.267. The Morgan fingerprint density at radius 1 is 0.931 bits per heavy atom. The van der Waals surface area contributed by atoms with Crippen molar-refractivity contribution in [2.75, 3.05) is 0 Å². The van der Waals surface area contributed by atoms with Gasteiger partial charge in [-0.05, 0) is 62.7 Å². The number of aliphatic hydroxyl groups excluding tert-OH is 1. The van der Waals surface area contributed by atoms with Crippen molar-refractivity contribution in [3.05, 3.63) is 0 Å². The van der Waals surface area contributed by atoms with Crippen molar-refractivity contribution in [2.24, 2.45) is 28.6 Å². The van der Waals surface area contributed by atoms with E-state index in [2.05, 4.69) is 13.8 Å². The Bertz CT molecular complexity index is 693. The summed E-state index contributed by atoms with van der Waals surface area (Å²) >= 11 is 0. The molecule has 0 radical (unpaired) electrons. The van der Waals surface area contributed by atoms with Crippen molar-refractivity contribution in [3.63, 3.8) is 0 Å². The first-order valence-corrected chi connectivity index (χ1v) is 11.3. The van der Waals surface area contributed by atoms with Gasteiger partial charge in [-0.2, -0.15) is 0 Å². The quantitative estimate of drug-likeness (QED) is 0.683. The zero-order valence-corrected chi connectivity index (χ0v) is 18.1. The predicted molar refractivity (Wildman–Crippen MR) is 106 cm³/mol. The molecule has 0 spiro atoms. The molecule has 4 rings (SSSR count). The Labute approximate surface area is 173 Å². The summed E-state index contributed by atoms with van der Waals surface area (Å²) < 4.78 is 11.1. The van der Waals surface area contributed by atoms with Crippen LogP contribution in [0.5, 0.6) is 0 Å². The molecule has 6 heteroatoms. The second-order valence-electron chi connectivity index (χ2n) is 10.7. The normalized spacial score (nSPS) is 51.4. The van der Waals surface area contributed by atoms with Gasteiger partial charge in [-0.25, -0.2) is 0 Å². The van der Waals surface area contributed by atoms with Crippen LogP contribution in [-0.4, -0.2) is 46.1 Å². The van der Waals surface area contributed by atoms with E-state index in [4.69, 9.17) is 9.47 Å². The van der Waals surface area contributed by atoms with Gasteiger partial charge in [0.25, 0.3) is 0 Å². The van der Waals surface area contributed by atoms with Crippen molar-refractivity contribution in [2.45, 2.75) is 103 Å². The Morgan fingerprint density at radius 3 is 2.28 bits per heavy atom. The minimum atomic E-state index is -1.23. The molecule has 0 aliphatic heterocycles. The monoisotopic (exact) mass is 408 g/mol. The summed E-state index contributed by atoms with van der Waals surface area (Å²) in [6.45, 7) is 7.27. The van der Waals surface area contributed by atoms with E-state index < -0.39 is 17.1 Å². The summed E-state index contributed by atoms with van der Waals surface area (Å²) in [6, 6.07) is 0. The number of rotatable bonds is 2. The first kappa shape index (κ1) is 21.1. The molecule has 2 N–H and O–H groups in total. The highest BCUT2D eigenvalue weighted by atomic mass is 16.5. The SMILES string of the molecule is CC(=O)O[C@@H]1CC[C@]2(C)[C@@H]3CC[C@@]4(C)[C@H](CC[C@H]4OC(C)=O)[C@@H]3C[C@H](O)[C@@]2(O)C1. The zero-order valence-electron chi connectivity index (χ0n) is 18.1. The van der Waals surface area contributed by atoms with Crippen LogP contribution in [0, 0.1) is 28.6 Å². The van der Waals surface area contributed by atoms with Crippen molar-refractivity contribution in [3.8, 4) is 0 Å². The number of carbonyl (C=O) groups excluding carboxylic acids is 2. The molecule has 0 aromatic rings. The molecule has 4 aliphatic carbocycles. The minimum Gasteiger partial charge on any atom is -0.462 e. The van der Waals surface area contributed by atoms with Gasteiger partial charge in [0.15, 0.2) is 0 Å². The molecule has 0 saturated heterocycles. The summed E-state index contributed by atoms with van der Waals surface area (Å²) in [5.74, 6) is 0.491. The van der Waals surface area contributed by atoms with E-state index >= 15 is 0 Å². The molecule has 9 atom stereocenters. The summed E-state index contributed by atoms with van der Waals surface area (Å²) in [5, 5.41) is 22.9. The second-order valence-corrected chi connectivity index (χ2v) is 10.7. The Morgan fingerprint density at radius 2 is 1.62 bits per heavy atom. The van der Waals surface area contributed by atoms with Crippen molar-refractivity contribution < 1.29 is 29.3 Å². The lowest BCUT2D eigenvalue weighted by Crippen LogP contribution is -2.68. The molecule has 4 fully saturated rings. The second kappa shape index (κ2) is 6.94. The Kier molecular flexibility index (Phi) is 5.05. The van der Waals surface area contributed by atoms with Gasteiger partial charge >= 0.3 is 11.9 Å². The number of carbonyl (C=O) groups is 2. The number of hydrogen-bond donors (Lipinski definition) is 2. The molecule has 0 amide bonds. The molecule has 0 aromatic carbocycles. The van der Waals surface area contributed by atoms with Crippen LogP contribution < -0.4 is 0 Å². The molecule has 0 aromatic heterocycles. The number of esters is 2. The maximum absolute atomic E-state index is 11.7. The van der Waals surface area contributed by atoms with Gasteiger partial charge in [-0.15, -0.1) is 0 Å². The van der Waals surface area contributed by atoms with Crippen LogP contribution in [0.4, 0.5) is 0 Å². The summed E-state index contributed by atoms with van der Waals surface area (Å²) in [7, 11) is 0. The highest BCUT2D eigenvalue weighted by Gasteiger charge is 2.68. The first-order chi connectivity index (χ1) is 13.5. The van der Waals surface area contributed by atoms with Gasteiger partial charge in [0.05, 0.1) is 11.7 Å². The molecule has 0 heterocycles. The van der Waals surface area contributed by atoms with E-state index in [9.17, 15) is 19.8 Å². The number of fused-ring (bicyclic) bond motifs is 5. The Balaban J connectivity index is 1.60. The first-order valence-electron chi connectivity index (χ1n) is 11.3. The maximum Gasteiger partial charge on any atom is 0.302 e. The van der Waals surface area contributed by atoms with Crippen LogP contribution in [0.1, 0.15) is 79.1 Å². The summed E-state index contributed by atoms with van der Waals surface area (Å²) in [5.41, 5.74) is -1.67. The smallest absolute Gasteiger partial charge is 0.302 e. The standard InChI is InChI=1S/C23H36O6/c1-13(24)28-15-7-10-22(4)18-8-9-21(3)17(5-6-20(21)29-14(2)25)16(18)11-19(26)23(22,27)12-15/h15-20,26-27H,5-12H2,1-4H3/t15-,16+,17-,18-,19+,20-,21+,22-,23+/m1/s1. The highest BCUT2D eigenvalue weighted by molar-refractivity contribution is 5.66. The van der Waals surface area contributed by atoms with Gasteiger partial charge in [-0.3, -0.25) is 9.59 Å². The van der Waals surface area contributed by atoms with Crippen molar-refractivity contribution in [1.82, 2.24) is 0 Å². The third kappa shape index (κ3) is 3.04. The molecule has 0 bridgehead atoms. The van der Waals surface area contributed by atoms with Gasteiger partial charge in [0.2, 0.25) is 0 Å². The summed E-state index contributed by atoms with van der Waals surface area (Å²) in [4.78, 5) is 23.0. The van der Waals surface area contributed by atoms with E-state index in [1.807, 2.05) is 0 Å². The lowest BCUT2D eigenvalue weighted by Gasteiger charge is -2.65. The van der Waals surface area contributed by atoms with Crippen molar-refractivity contribution >= 4 is 11.9 Å². The fraction of sp³-hybridized carbons (Fsp3) is 0.913. The van der Waals surface area contributed by atoms with Crippen LogP contribution in [-0.2, 0) is 19.1 Å². The largest absolute Gasteiger partial charge is 0.462 e. The number of aliphatic hydroxyl groups is 2. The van der Waals surface area contributed by atoms with Crippen LogP contribution in [0.25, 0.3) is 0 Å². The zero-order chi connectivity index (χ0) is 21.2. The van der Waals surface area contributed by atoms with Gasteiger partial charge in [-0.1, -0.05) is 13.8 Å². The van der Waals surface area contributed by atoms with Crippen LogP contribution in [0.2, 0.25) is 0 Å². The fourth-order valence-corrected chi connectivity index (χ4v) is 7.92. The molecule has 164 valence electrons. The minimum absolute atomic E-state index is 0.0450. The Hall–Kier alpha value is -1.14. The number of hydrogen-bond acceptors (Lipinski definition) is 6. The third-order valence-electron chi connectivity index (χ3n) is 9.37. The van der Waals surface area contributed by atoms with Gasteiger partial charge in [0, 0.05) is 31.1 Å².